The van der Waals surface area contributed by atoms with Gasteiger partial charge in [0.05, 0.1) is 4.92 Å². The third kappa shape index (κ3) is 1.92. The maximum absolute atomic E-state index is 11.0. The van der Waals surface area contributed by atoms with Crippen LogP contribution in [-0.4, -0.2) is 4.92 Å². The van der Waals surface area contributed by atoms with Crippen molar-refractivity contribution < 1.29 is 4.92 Å². The molecule has 0 heterocycles. The van der Waals surface area contributed by atoms with E-state index in [9.17, 15) is 10.1 Å². The van der Waals surface area contributed by atoms with E-state index in [4.69, 9.17) is 6.42 Å². The van der Waals surface area contributed by atoms with Crippen molar-refractivity contribution in [3.63, 3.8) is 0 Å². The van der Waals surface area contributed by atoms with Crippen molar-refractivity contribution in [2.45, 2.75) is 31.6 Å². The van der Waals surface area contributed by atoms with Crippen molar-refractivity contribution in [2.24, 2.45) is 0 Å². The molecule has 3 heteroatoms. The average molecular weight is 215 g/mol. The Morgan fingerprint density at radius 1 is 1.38 bits per heavy atom. The fourth-order valence-corrected chi connectivity index (χ4v) is 2.37. The van der Waals surface area contributed by atoms with Crippen LogP contribution in [0, 0.1) is 22.5 Å². The molecule has 1 aromatic carbocycles. The second-order valence-electron chi connectivity index (χ2n) is 4.16. The molecular weight excluding hydrogens is 202 g/mol. The Kier molecular flexibility index (Phi) is 2.91. The lowest BCUT2D eigenvalue weighted by atomic mass is 9.95. The number of terminal acetylenes is 1. The van der Waals surface area contributed by atoms with Gasteiger partial charge in [-0.2, -0.15) is 0 Å². The summed E-state index contributed by atoms with van der Waals surface area (Å²) in [6.45, 7) is 0. The average Bonchev–Trinajstić information content (AvgIpc) is 2.81. The zero-order chi connectivity index (χ0) is 11.5. The maximum atomic E-state index is 11.0. The van der Waals surface area contributed by atoms with Crippen molar-refractivity contribution in [2.75, 3.05) is 0 Å². The van der Waals surface area contributed by atoms with Crippen LogP contribution in [0.2, 0.25) is 0 Å². The van der Waals surface area contributed by atoms with Gasteiger partial charge in [0.2, 0.25) is 0 Å². The highest BCUT2D eigenvalue weighted by atomic mass is 16.6. The molecule has 2 rings (SSSR count). The molecule has 1 fully saturated rings. The van der Waals surface area contributed by atoms with Gasteiger partial charge in [0.1, 0.15) is 0 Å². The number of benzene rings is 1. The first-order chi connectivity index (χ1) is 7.72. The molecule has 0 atom stereocenters. The monoisotopic (exact) mass is 215 g/mol. The molecule has 0 unspecified atom stereocenters. The van der Waals surface area contributed by atoms with Crippen LogP contribution in [0.4, 0.5) is 5.69 Å². The molecule has 1 saturated carbocycles. The van der Waals surface area contributed by atoms with Crippen LogP contribution in [-0.2, 0) is 0 Å². The molecule has 0 N–H and O–H groups in total. The predicted molar refractivity (Wildman–Crippen MR) is 62.2 cm³/mol. The summed E-state index contributed by atoms with van der Waals surface area (Å²) >= 11 is 0. The third-order valence-corrected chi connectivity index (χ3v) is 3.19. The van der Waals surface area contributed by atoms with Crippen molar-refractivity contribution in [1.82, 2.24) is 0 Å². The highest BCUT2D eigenvalue weighted by Gasteiger charge is 2.24. The highest BCUT2D eigenvalue weighted by molar-refractivity contribution is 5.49. The van der Waals surface area contributed by atoms with Crippen LogP contribution < -0.4 is 0 Å². The maximum Gasteiger partial charge on any atom is 0.274 e. The highest BCUT2D eigenvalue weighted by Crippen LogP contribution is 2.38. The van der Waals surface area contributed by atoms with E-state index in [0.29, 0.717) is 11.5 Å². The molecule has 0 saturated heterocycles. The van der Waals surface area contributed by atoms with Crippen molar-refractivity contribution >= 4 is 5.69 Å². The van der Waals surface area contributed by atoms with E-state index in [1.165, 1.54) is 18.9 Å². The SMILES string of the molecule is C#Cc1ccc(C2CCCC2)c([N+](=O)[O-])c1. The first kappa shape index (κ1) is 10.7. The first-order valence-electron chi connectivity index (χ1n) is 5.47. The molecule has 16 heavy (non-hydrogen) atoms. The normalized spacial score (nSPS) is 15.9. The largest absolute Gasteiger partial charge is 0.274 e. The molecule has 0 spiro atoms. The van der Waals surface area contributed by atoms with Gasteiger partial charge < -0.3 is 0 Å². The quantitative estimate of drug-likeness (QED) is 0.432. The number of hydrogen-bond acceptors (Lipinski definition) is 2. The Balaban J connectivity index is 2.44. The molecule has 0 aromatic heterocycles. The van der Waals surface area contributed by atoms with E-state index in [1.807, 2.05) is 6.07 Å². The van der Waals surface area contributed by atoms with Gasteiger partial charge in [-0.3, -0.25) is 10.1 Å². The van der Waals surface area contributed by atoms with Crippen LogP contribution in [0.5, 0.6) is 0 Å². The van der Waals surface area contributed by atoms with E-state index in [0.717, 1.165) is 18.4 Å². The summed E-state index contributed by atoms with van der Waals surface area (Å²) in [5.41, 5.74) is 1.61. The second kappa shape index (κ2) is 4.36. The number of rotatable bonds is 2. The van der Waals surface area contributed by atoms with Gasteiger partial charge in [0.25, 0.3) is 5.69 Å². The van der Waals surface area contributed by atoms with Gasteiger partial charge in [-0.25, -0.2) is 0 Å². The summed E-state index contributed by atoms with van der Waals surface area (Å²) < 4.78 is 0. The van der Waals surface area contributed by atoms with Gasteiger partial charge in [0, 0.05) is 17.2 Å². The lowest BCUT2D eigenvalue weighted by molar-refractivity contribution is -0.385. The second-order valence-corrected chi connectivity index (χ2v) is 4.16. The minimum Gasteiger partial charge on any atom is -0.258 e. The molecule has 0 amide bonds. The number of nitrogens with zero attached hydrogens (tertiary/aromatic N) is 1. The summed E-state index contributed by atoms with van der Waals surface area (Å²) in [7, 11) is 0. The zero-order valence-electron chi connectivity index (χ0n) is 8.98. The Hall–Kier alpha value is -1.82. The summed E-state index contributed by atoms with van der Waals surface area (Å²) in [6.07, 6.45) is 9.68. The number of nitro groups is 1. The standard InChI is InChI=1S/C13H13NO2/c1-2-10-7-8-12(11-5-3-4-6-11)13(9-10)14(15)16/h1,7-9,11H,3-6H2. The van der Waals surface area contributed by atoms with Gasteiger partial charge in [0.15, 0.2) is 0 Å². The summed E-state index contributed by atoms with van der Waals surface area (Å²) in [6, 6.07) is 5.12. The van der Waals surface area contributed by atoms with Crippen molar-refractivity contribution in [1.29, 1.82) is 0 Å². The lowest BCUT2D eigenvalue weighted by Gasteiger charge is -2.09. The van der Waals surface area contributed by atoms with Crippen LogP contribution in [0.25, 0.3) is 0 Å². The summed E-state index contributed by atoms with van der Waals surface area (Å²) in [5.74, 6) is 2.78. The van der Waals surface area contributed by atoms with E-state index in [-0.39, 0.29) is 10.6 Å². The molecule has 1 aliphatic carbocycles. The van der Waals surface area contributed by atoms with E-state index < -0.39 is 0 Å². The predicted octanol–water partition coefficient (Wildman–Crippen LogP) is 3.23. The molecule has 0 aliphatic heterocycles. The van der Waals surface area contributed by atoms with Crippen molar-refractivity contribution in [3.8, 4) is 12.3 Å². The van der Waals surface area contributed by atoms with Crippen LogP contribution >= 0.6 is 0 Å². The molecule has 82 valence electrons. The molecular formula is C13H13NO2. The van der Waals surface area contributed by atoms with Crippen LogP contribution in [0.1, 0.15) is 42.7 Å². The molecule has 1 aromatic rings. The number of hydrogen-bond donors (Lipinski definition) is 0. The van der Waals surface area contributed by atoms with E-state index >= 15 is 0 Å². The summed E-state index contributed by atoms with van der Waals surface area (Å²) in [5, 5.41) is 11.0. The minimum absolute atomic E-state index is 0.183. The lowest BCUT2D eigenvalue weighted by Crippen LogP contribution is -2.00. The van der Waals surface area contributed by atoms with E-state index in [1.54, 1.807) is 6.07 Å². The van der Waals surface area contributed by atoms with Gasteiger partial charge in [-0.15, -0.1) is 6.42 Å². The van der Waals surface area contributed by atoms with Gasteiger partial charge in [-0.05, 0) is 24.8 Å². The van der Waals surface area contributed by atoms with Crippen LogP contribution in [0.3, 0.4) is 0 Å². The summed E-state index contributed by atoms with van der Waals surface area (Å²) in [4.78, 5) is 10.7. The fourth-order valence-electron chi connectivity index (χ4n) is 2.37. The topological polar surface area (TPSA) is 43.1 Å². The zero-order valence-corrected chi connectivity index (χ0v) is 8.98. The van der Waals surface area contributed by atoms with Gasteiger partial charge >= 0.3 is 0 Å². The fraction of sp³-hybridized carbons (Fsp3) is 0.385. The Labute approximate surface area is 94.6 Å². The van der Waals surface area contributed by atoms with E-state index in [2.05, 4.69) is 5.92 Å². The molecule has 1 aliphatic rings. The number of nitro benzene ring substituents is 1. The molecule has 0 radical (unpaired) electrons. The Morgan fingerprint density at radius 3 is 2.62 bits per heavy atom. The minimum atomic E-state index is -0.325. The van der Waals surface area contributed by atoms with Crippen molar-refractivity contribution in [3.05, 3.63) is 39.4 Å². The molecule has 0 bridgehead atoms. The molecule has 3 nitrogen and oxygen atoms in total. The van der Waals surface area contributed by atoms with Crippen LogP contribution in [0.15, 0.2) is 18.2 Å². The Bertz CT molecular complexity index is 453. The third-order valence-electron chi connectivity index (χ3n) is 3.19. The first-order valence-corrected chi connectivity index (χ1v) is 5.47. The van der Waals surface area contributed by atoms with Gasteiger partial charge in [-0.1, -0.05) is 24.8 Å². The Morgan fingerprint density at radius 2 is 2.06 bits per heavy atom. The smallest absolute Gasteiger partial charge is 0.258 e.